The van der Waals surface area contributed by atoms with E-state index in [1.807, 2.05) is 6.92 Å². The van der Waals surface area contributed by atoms with E-state index in [1.54, 1.807) is 5.01 Å². The first-order chi connectivity index (χ1) is 17.1. The van der Waals surface area contributed by atoms with Gasteiger partial charge in [0.25, 0.3) is 0 Å². The molecule has 5 rings (SSSR count). The topological polar surface area (TPSA) is 113 Å². The molecule has 6 N–H and O–H groups in total. The van der Waals surface area contributed by atoms with Crippen LogP contribution in [0.3, 0.4) is 0 Å². The molecule has 5 aliphatic carbocycles. The van der Waals surface area contributed by atoms with Gasteiger partial charge < -0.3 is 21.0 Å². The SMILES string of the molecule is C[C@@]1(O)CC[C@@]2(CO)[C@@H](CC[C@H]3[C@@H]4CC[C@H](C(=O)CN(N)/C5=C(/N)C/C=C\CCC5)[C@@]4(C)CC[C@@H]32)C1. The molecule has 0 heterocycles. The van der Waals surface area contributed by atoms with Gasteiger partial charge in [0, 0.05) is 30.3 Å². The lowest BCUT2D eigenvalue weighted by Crippen LogP contribution is -2.58. The summed E-state index contributed by atoms with van der Waals surface area (Å²) in [5, 5.41) is 23.2. The molecule has 5 aliphatic rings. The number of hydrazine groups is 1. The number of carbonyl (C=O) groups excluding carboxylic acids is 1. The fourth-order valence-corrected chi connectivity index (χ4v) is 9.77. The van der Waals surface area contributed by atoms with E-state index < -0.39 is 5.60 Å². The lowest BCUT2D eigenvalue weighted by atomic mass is 9.43. The van der Waals surface area contributed by atoms with Gasteiger partial charge in [-0.3, -0.25) is 4.79 Å². The largest absolute Gasteiger partial charge is 0.400 e. The van der Waals surface area contributed by atoms with Gasteiger partial charge in [0.05, 0.1) is 12.1 Å². The quantitative estimate of drug-likeness (QED) is 0.253. The maximum atomic E-state index is 13.7. The normalized spacial score (nSPS) is 47.6. The summed E-state index contributed by atoms with van der Waals surface area (Å²) in [6.45, 7) is 4.85. The summed E-state index contributed by atoms with van der Waals surface area (Å²) < 4.78 is 0. The molecule has 0 bridgehead atoms. The van der Waals surface area contributed by atoms with Crippen LogP contribution in [0, 0.1) is 40.4 Å². The molecule has 202 valence electrons. The number of hydrogen-bond donors (Lipinski definition) is 4. The summed E-state index contributed by atoms with van der Waals surface area (Å²) in [7, 11) is 0. The van der Waals surface area contributed by atoms with Gasteiger partial charge in [0.15, 0.2) is 5.78 Å². The Kier molecular flexibility index (Phi) is 7.10. The van der Waals surface area contributed by atoms with Crippen LogP contribution in [0.5, 0.6) is 0 Å². The molecule has 0 radical (unpaired) electrons. The van der Waals surface area contributed by atoms with Crippen molar-refractivity contribution < 1.29 is 15.0 Å². The Morgan fingerprint density at radius 2 is 1.89 bits per heavy atom. The van der Waals surface area contributed by atoms with Crippen molar-refractivity contribution in [2.24, 2.45) is 52.0 Å². The minimum Gasteiger partial charge on any atom is -0.400 e. The van der Waals surface area contributed by atoms with Crippen LogP contribution in [-0.4, -0.2) is 39.8 Å². The Labute approximate surface area is 217 Å². The number of rotatable bonds is 5. The maximum absolute atomic E-state index is 13.7. The minimum atomic E-state index is -0.593. The predicted molar refractivity (Wildman–Crippen MR) is 142 cm³/mol. The molecule has 8 atom stereocenters. The molecule has 0 saturated heterocycles. The van der Waals surface area contributed by atoms with Crippen LogP contribution < -0.4 is 11.6 Å². The van der Waals surface area contributed by atoms with E-state index in [-0.39, 0.29) is 35.7 Å². The third-order valence-corrected chi connectivity index (χ3v) is 11.7. The van der Waals surface area contributed by atoms with E-state index in [0.29, 0.717) is 30.1 Å². The summed E-state index contributed by atoms with van der Waals surface area (Å²) in [6.07, 6.45) is 16.9. The van der Waals surface area contributed by atoms with Gasteiger partial charge in [0.2, 0.25) is 0 Å². The first-order valence-electron chi connectivity index (χ1n) is 14.6. The number of ketones is 1. The highest BCUT2D eigenvalue weighted by Gasteiger charge is 2.63. The third-order valence-electron chi connectivity index (χ3n) is 11.7. The second-order valence-electron chi connectivity index (χ2n) is 13.6. The number of Topliss-reactive ketones (excluding diaryl/α,β-unsaturated/α-hetero) is 1. The van der Waals surface area contributed by atoms with Crippen LogP contribution in [0.25, 0.3) is 0 Å². The predicted octanol–water partition coefficient (Wildman–Crippen LogP) is 4.41. The molecule has 0 aromatic rings. The number of carbonyl (C=O) groups is 1. The fraction of sp³-hybridized carbons (Fsp3) is 0.833. The van der Waals surface area contributed by atoms with E-state index in [9.17, 15) is 15.0 Å². The van der Waals surface area contributed by atoms with Crippen molar-refractivity contribution in [1.29, 1.82) is 0 Å². The zero-order valence-corrected chi connectivity index (χ0v) is 22.6. The van der Waals surface area contributed by atoms with Crippen molar-refractivity contribution in [1.82, 2.24) is 5.01 Å². The second kappa shape index (κ2) is 9.74. The molecule has 6 nitrogen and oxygen atoms in total. The average molecular weight is 500 g/mol. The van der Waals surface area contributed by atoms with Crippen LogP contribution in [0.15, 0.2) is 23.5 Å². The van der Waals surface area contributed by atoms with Crippen LogP contribution >= 0.6 is 0 Å². The summed E-state index contributed by atoms with van der Waals surface area (Å²) in [6, 6.07) is 0. The second-order valence-corrected chi connectivity index (χ2v) is 13.6. The van der Waals surface area contributed by atoms with E-state index >= 15 is 0 Å². The summed E-state index contributed by atoms with van der Waals surface area (Å²) in [5.74, 6) is 8.86. The highest BCUT2D eigenvalue weighted by Crippen LogP contribution is 2.68. The molecule has 4 saturated carbocycles. The van der Waals surface area contributed by atoms with Crippen molar-refractivity contribution in [3.8, 4) is 0 Å². The molecule has 0 spiro atoms. The van der Waals surface area contributed by atoms with Crippen molar-refractivity contribution in [2.45, 2.75) is 103 Å². The molecule has 0 aromatic carbocycles. The number of nitrogens with zero attached hydrogens (tertiary/aromatic N) is 1. The zero-order valence-electron chi connectivity index (χ0n) is 22.6. The highest BCUT2D eigenvalue weighted by molar-refractivity contribution is 5.84. The van der Waals surface area contributed by atoms with E-state index in [4.69, 9.17) is 11.6 Å². The Bertz CT molecular complexity index is 913. The monoisotopic (exact) mass is 499 g/mol. The van der Waals surface area contributed by atoms with E-state index in [0.717, 1.165) is 82.0 Å². The first-order valence-corrected chi connectivity index (χ1v) is 14.6. The van der Waals surface area contributed by atoms with Gasteiger partial charge in [-0.2, -0.15) is 0 Å². The zero-order chi connectivity index (χ0) is 25.7. The number of fused-ring (bicyclic) bond motifs is 5. The molecule has 0 amide bonds. The van der Waals surface area contributed by atoms with Gasteiger partial charge in [-0.1, -0.05) is 19.1 Å². The maximum Gasteiger partial charge on any atom is 0.157 e. The summed E-state index contributed by atoms with van der Waals surface area (Å²) in [4.78, 5) is 13.7. The highest BCUT2D eigenvalue weighted by atomic mass is 16.3. The number of nitrogens with two attached hydrogens (primary N) is 2. The molecule has 0 unspecified atom stereocenters. The van der Waals surface area contributed by atoms with Crippen molar-refractivity contribution in [2.75, 3.05) is 13.2 Å². The minimum absolute atomic E-state index is 0.0202. The van der Waals surface area contributed by atoms with Gasteiger partial charge in [-0.05, 0) is 118 Å². The molecule has 0 aliphatic heterocycles. The molecule has 6 heteroatoms. The van der Waals surface area contributed by atoms with E-state index in [1.165, 1.54) is 6.42 Å². The lowest BCUT2D eigenvalue weighted by Gasteiger charge is -2.62. The van der Waals surface area contributed by atoms with E-state index in [2.05, 4.69) is 19.1 Å². The van der Waals surface area contributed by atoms with Crippen molar-refractivity contribution in [3.63, 3.8) is 0 Å². The Balaban J connectivity index is 1.31. The van der Waals surface area contributed by atoms with Crippen molar-refractivity contribution >= 4 is 5.78 Å². The fourth-order valence-electron chi connectivity index (χ4n) is 9.77. The smallest absolute Gasteiger partial charge is 0.157 e. The number of hydrogen-bond acceptors (Lipinski definition) is 6. The van der Waals surface area contributed by atoms with Crippen LogP contribution in [0.1, 0.15) is 97.3 Å². The Hall–Kier alpha value is -1.37. The summed E-state index contributed by atoms with van der Waals surface area (Å²) in [5.41, 5.74) is 7.45. The van der Waals surface area contributed by atoms with Crippen LogP contribution in [0.2, 0.25) is 0 Å². The van der Waals surface area contributed by atoms with Crippen molar-refractivity contribution in [3.05, 3.63) is 23.5 Å². The standard InChI is InChI=1S/C30H49N3O3/c1-28(36)15-16-30(19-34)20(17-28)9-10-21-22-11-12-24(29(22,2)14-13-23(21)30)27(35)18-33(32)26-8-6-4-3-5-7-25(26)31/h3,5,20-24,34,36H,4,6-19,31-32H2,1-2H3/b5-3-,26-25+/t20-,21-,22-,23-,24+,28+,29-,30+/m0/s1. The number of aliphatic hydroxyl groups excluding tert-OH is 1. The van der Waals surface area contributed by atoms with Crippen LogP contribution in [0.4, 0.5) is 0 Å². The summed E-state index contributed by atoms with van der Waals surface area (Å²) >= 11 is 0. The first kappa shape index (κ1) is 26.2. The van der Waals surface area contributed by atoms with Gasteiger partial charge in [-0.25, -0.2) is 5.84 Å². The molecule has 36 heavy (non-hydrogen) atoms. The van der Waals surface area contributed by atoms with Gasteiger partial charge in [0.1, 0.15) is 0 Å². The van der Waals surface area contributed by atoms with Crippen LogP contribution in [-0.2, 0) is 4.79 Å². The lowest BCUT2D eigenvalue weighted by molar-refractivity contribution is -0.171. The average Bonchev–Trinajstić information content (AvgIpc) is 3.18. The number of allylic oxidation sites excluding steroid dienone is 3. The van der Waals surface area contributed by atoms with Gasteiger partial charge in [-0.15, -0.1) is 0 Å². The van der Waals surface area contributed by atoms with Gasteiger partial charge >= 0.3 is 0 Å². The molecular formula is C30H49N3O3. The Morgan fingerprint density at radius 1 is 1.08 bits per heavy atom. The molecule has 4 fully saturated rings. The molecular weight excluding hydrogens is 450 g/mol. The Morgan fingerprint density at radius 3 is 2.67 bits per heavy atom. The molecule has 0 aromatic heterocycles. The number of aliphatic hydroxyl groups is 2. The third kappa shape index (κ3) is 4.35.